The first-order valence-electron chi connectivity index (χ1n) is 6.90. The molecule has 0 N–H and O–H groups in total. The molecule has 1 aromatic heterocycles. The maximum Gasteiger partial charge on any atom is 0.128 e. The fraction of sp³-hybridized carbons (Fsp3) is 0.235. The van der Waals surface area contributed by atoms with Gasteiger partial charge in [0, 0.05) is 11.6 Å². The van der Waals surface area contributed by atoms with E-state index in [0.29, 0.717) is 5.02 Å². The molecule has 2 aromatic carbocycles. The van der Waals surface area contributed by atoms with E-state index in [1.807, 2.05) is 25.1 Å². The highest BCUT2D eigenvalue weighted by Crippen LogP contribution is 2.27. The lowest BCUT2D eigenvalue weighted by molar-refractivity contribution is 0.742. The molecule has 0 aliphatic rings. The quantitative estimate of drug-likeness (QED) is 0.595. The molecule has 1 heterocycles. The molecule has 3 rings (SSSR count). The number of aryl methyl sites for hydroxylation is 1. The number of rotatable bonds is 3. The van der Waals surface area contributed by atoms with Crippen molar-refractivity contribution in [1.29, 1.82) is 0 Å². The first-order valence-corrected chi connectivity index (χ1v) is 7.71. The lowest BCUT2D eigenvalue weighted by Gasteiger charge is -2.11. The Bertz CT molecular complexity index is 791. The van der Waals surface area contributed by atoms with Crippen molar-refractivity contribution in [2.45, 2.75) is 25.8 Å². The van der Waals surface area contributed by atoms with E-state index in [4.69, 9.17) is 23.2 Å². The van der Waals surface area contributed by atoms with Crippen molar-refractivity contribution in [2.24, 2.45) is 0 Å². The number of hydrogen-bond acceptors (Lipinski definition) is 1. The van der Waals surface area contributed by atoms with Gasteiger partial charge in [0.05, 0.1) is 16.4 Å². The van der Waals surface area contributed by atoms with Crippen LogP contribution in [0.2, 0.25) is 5.02 Å². The maximum absolute atomic E-state index is 6.30. The first kappa shape index (κ1) is 14.4. The highest BCUT2D eigenvalue weighted by molar-refractivity contribution is 6.31. The highest BCUT2D eigenvalue weighted by Gasteiger charge is 2.15. The van der Waals surface area contributed by atoms with Crippen LogP contribution in [0.5, 0.6) is 0 Å². The van der Waals surface area contributed by atoms with Crippen molar-refractivity contribution < 1.29 is 0 Å². The average molecular weight is 319 g/mol. The fourth-order valence-corrected chi connectivity index (χ4v) is 2.92. The normalized spacial score (nSPS) is 12.8. The van der Waals surface area contributed by atoms with E-state index in [1.165, 1.54) is 11.1 Å². The Morgan fingerprint density at radius 2 is 2.00 bits per heavy atom. The summed E-state index contributed by atoms with van der Waals surface area (Å²) in [6.45, 7) is 4.80. The van der Waals surface area contributed by atoms with Crippen LogP contribution in [0, 0.1) is 6.92 Å². The molecule has 3 aromatic rings. The zero-order valence-corrected chi connectivity index (χ0v) is 13.5. The summed E-state index contributed by atoms with van der Waals surface area (Å²) in [6.07, 6.45) is 0. The minimum Gasteiger partial charge on any atom is -0.322 e. The number of aromatic nitrogens is 2. The highest BCUT2D eigenvalue weighted by atomic mass is 35.5. The molecule has 21 heavy (non-hydrogen) atoms. The molecule has 0 bridgehead atoms. The molecule has 2 nitrogen and oxygen atoms in total. The molecule has 0 amide bonds. The molecular weight excluding hydrogens is 303 g/mol. The Morgan fingerprint density at radius 1 is 1.19 bits per heavy atom. The SMILES string of the molecule is Cc1cccc(Cn2c(C(C)Cl)nc3cc(Cl)ccc32)c1. The third-order valence-corrected chi connectivity index (χ3v) is 3.95. The zero-order valence-electron chi connectivity index (χ0n) is 12.0. The Morgan fingerprint density at radius 3 is 2.71 bits per heavy atom. The van der Waals surface area contributed by atoms with Crippen LogP contribution in [0.4, 0.5) is 0 Å². The fourth-order valence-electron chi connectivity index (χ4n) is 2.58. The molecule has 0 spiro atoms. The van der Waals surface area contributed by atoms with Gasteiger partial charge in [0.25, 0.3) is 0 Å². The van der Waals surface area contributed by atoms with Crippen LogP contribution in [0.3, 0.4) is 0 Å². The van der Waals surface area contributed by atoms with Gasteiger partial charge in [-0.2, -0.15) is 0 Å². The Hall–Kier alpha value is -1.51. The number of benzene rings is 2. The van der Waals surface area contributed by atoms with Crippen LogP contribution in [-0.2, 0) is 6.54 Å². The number of fused-ring (bicyclic) bond motifs is 1. The molecule has 0 aliphatic heterocycles. The average Bonchev–Trinajstić information content (AvgIpc) is 2.77. The zero-order chi connectivity index (χ0) is 15.0. The van der Waals surface area contributed by atoms with Gasteiger partial charge < -0.3 is 4.57 Å². The molecule has 108 valence electrons. The second kappa shape index (κ2) is 5.70. The van der Waals surface area contributed by atoms with Gasteiger partial charge in [0.15, 0.2) is 0 Å². The van der Waals surface area contributed by atoms with Crippen LogP contribution < -0.4 is 0 Å². The van der Waals surface area contributed by atoms with E-state index in [0.717, 1.165) is 23.4 Å². The van der Waals surface area contributed by atoms with Gasteiger partial charge in [-0.15, -0.1) is 11.6 Å². The van der Waals surface area contributed by atoms with E-state index in [-0.39, 0.29) is 5.38 Å². The smallest absolute Gasteiger partial charge is 0.128 e. The second-order valence-corrected chi connectivity index (χ2v) is 6.39. The van der Waals surface area contributed by atoms with Gasteiger partial charge in [-0.3, -0.25) is 0 Å². The summed E-state index contributed by atoms with van der Waals surface area (Å²) < 4.78 is 2.16. The maximum atomic E-state index is 6.30. The molecule has 0 fully saturated rings. The Kier molecular flexibility index (Phi) is 3.92. The van der Waals surface area contributed by atoms with Gasteiger partial charge >= 0.3 is 0 Å². The van der Waals surface area contributed by atoms with E-state index in [1.54, 1.807) is 0 Å². The minimum atomic E-state index is -0.152. The number of hydrogen-bond donors (Lipinski definition) is 0. The molecule has 0 saturated carbocycles. The van der Waals surface area contributed by atoms with Crippen LogP contribution in [0.15, 0.2) is 42.5 Å². The first-order chi connectivity index (χ1) is 10.0. The minimum absolute atomic E-state index is 0.152. The van der Waals surface area contributed by atoms with E-state index < -0.39 is 0 Å². The van der Waals surface area contributed by atoms with Gasteiger partial charge in [-0.05, 0) is 37.6 Å². The second-order valence-electron chi connectivity index (χ2n) is 5.29. The summed E-state index contributed by atoms with van der Waals surface area (Å²) in [5.41, 5.74) is 4.43. The Labute approximate surface area is 134 Å². The number of alkyl halides is 1. The summed E-state index contributed by atoms with van der Waals surface area (Å²) >= 11 is 12.4. The van der Waals surface area contributed by atoms with Crippen molar-refractivity contribution in [1.82, 2.24) is 9.55 Å². The molecule has 0 saturated heterocycles. The third kappa shape index (κ3) is 2.92. The molecular formula is C17H16Cl2N2. The standard InChI is InChI=1S/C17H16Cl2N2/c1-11-4-3-5-13(8-11)10-21-16-7-6-14(19)9-15(16)20-17(21)12(2)18/h3-9,12H,10H2,1-2H3. The summed E-state index contributed by atoms with van der Waals surface area (Å²) in [5.74, 6) is 0.871. The van der Waals surface area contributed by atoms with Crippen LogP contribution in [0.1, 0.15) is 29.3 Å². The summed E-state index contributed by atoms with van der Waals surface area (Å²) in [4.78, 5) is 4.64. The lowest BCUT2D eigenvalue weighted by atomic mass is 10.1. The lowest BCUT2D eigenvalue weighted by Crippen LogP contribution is -2.05. The van der Waals surface area contributed by atoms with Crippen molar-refractivity contribution in [2.75, 3.05) is 0 Å². The molecule has 0 aliphatic carbocycles. The molecule has 0 radical (unpaired) electrons. The van der Waals surface area contributed by atoms with Crippen LogP contribution in [-0.4, -0.2) is 9.55 Å². The third-order valence-electron chi connectivity index (χ3n) is 3.52. The van der Waals surface area contributed by atoms with E-state index in [9.17, 15) is 0 Å². The number of halogens is 2. The van der Waals surface area contributed by atoms with Crippen molar-refractivity contribution in [3.8, 4) is 0 Å². The predicted molar refractivity (Wildman–Crippen MR) is 89.3 cm³/mol. The largest absolute Gasteiger partial charge is 0.322 e. The molecule has 1 unspecified atom stereocenters. The van der Waals surface area contributed by atoms with Crippen molar-refractivity contribution >= 4 is 34.2 Å². The van der Waals surface area contributed by atoms with E-state index >= 15 is 0 Å². The summed E-state index contributed by atoms with van der Waals surface area (Å²) in [7, 11) is 0. The van der Waals surface area contributed by atoms with Crippen molar-refractivity contribution in [3.63, 3.8) is 0 Å². The molecule has 4 heteroatoms. The summed E-state index contributed by atoms with van der Waals surface area (Å²) in [5, 5.41) is 0.539. The predicted octanol–water partition coefficient (Wildman–Crippen LogP) is 5.35. The number of imidazole rings is 1. The Balaban J connectivity index is 2.13. The van der Waals surface area contributed by atoms with E-state index in [2.05, 4.69) is 40.7 Å². The van der Waals surface area contributed by atoms with Crippen LogP contribution >= 0.6 is 23.2 Å². The topological polar surface area (TPSA) is 17.8 Å². The van der Waals surface area contributed by atoms with Gasteiger partial charge in [-0.1, -0.05) is 41.4 Å². The van der Waals surface area contributed by atoms with Crippen LogP contribution in [0.25, 0.3) is 11.0 Å². The summed E-state index contributed by atoms with van der Waals surface area (Å²) in [6, 6.07) is 14.3. The number of nitrogens with zero attached hydrogens (tertiary/aromatic N) is 2. The molecule has 1 atom stereocenters. The van der Waals surface area contributed by atoms with Gasteiger partial charge in [0.1, 0.15) is 5.82 Å². The van der Waals surface area contributed by atoms with Gasteiger partial charge in [0.2, 0.25) is 0 Å². The monoisotopic (exact) mass is 318 g/mol. The van der Waals surface area contributed by atoms with Crippen molar-refractivity contribution in [3.05, 3.63) is 64.4 Å². The van der Waals surface area contributed by atoms with Gasteiger partial charge in [-0.25, -0.2) is 4.98 Å².